The molecule has 0 bridgehead atoms. The van der Waals surface area contributed by atoms with Crippen molar-refractivity contribution < 1.29 is 9.53 Å². The van der Waals surface area contributed by atoms with Crippen LogP contribution < -0.4 is 10.1 Å². The van der Waals surface area contributed by atoms with Crippen LogP contribution in [0.3, 0.4) is 0 Å². The molecule has 0 saturated heterocycles. The van der Waals surface area contributed by atoms with E-state index < -0.39 is 0 Å². The number of ether oxygens (including phenoxy) is 1. The molecule has 0 unspecified atom stereocenters. The smallest absolute Gasteiger partial charge is 0.264 e. The van der Waals surface area contributed by atoms with Gasteiger partial charge in [-0.3, -0.25) is 10.1 Å². The molecule has 0 aliphatic heterocycles. The third-order valence-electron chi connectivity index (χ3n) is 2.54. The number of amides is 1. The summed E-state index contributed by atoms with van der Waals surface area (Å²) in [4.78, 5) is 16.1. The van der Waals surface area contributed by atoms with Crippen LogP contribution in [0.25, 0.3) is 0 Å². The topological polar surface area (TPSA) is 51.2 Å². The highest BCUT2D eigenvalue weighted by atomic mass is 127. The van der Waals surface area contributed by atoms with Crippen molar-refractivity contribution in [2.24, 2.45) is 0 Å². The number of hydrogen-bond acceptors (Lipinski definition) is 4. The molecule has 1 heterocycles. The normalized spacial score (nSPS) is 10.6. The zero-order chi connectivity index (χ0) is 14.5. The monoisotopic (exact) mass is 402 g/mol. The van der Waals surface area contributed by atoms with E-state index in [1.807, 2.05) is 29.6 Å². The van der Waals surface area contributed by atoms with Gasteiger partial charge in [0, 0.05) is 8.95 Å². The fourth-order valence-electron chi connectivity index (χ4n) is 1.44. The first-order valence-corrected chi connectivity index (χ1v) is 8.14. The molecule has 0 aliphatic carbocycles. The van der Waals surface area contributed by atoms with Crippen molar-refractivity contribution in [3.8, 4) is 5.75 Å². The number of carbonyl (C=O) groups is 1. The number of nitrogens with zero attached hydrogens (tertiary/aromatic N) is 1. The van der Waals surface area contributed by atoms with Crippen molar-refractivity contribution in [3.05, 3.63) is 38.9 Å². The molecule has 2 aromatic rings. The van der Waals surface area contributed by atoms with Crippen LogP contribution in [0.1, 0.15) is 25.5 Å². The number of thiazole rings is 1. The van der Waals surface area contributed by atoms with Crippen molar-refractivity contribution in [2.75, 3.05) is 11.9 Å². The Balaban J connectivity index is 1.84. The summed E-state index contributed by atoms with van der Waals surface area (Å²) in [6, 6.07) is 7.55. The van der Waals surface area contributed by atoms with E-state index in [1.54, 1.807) is 0 Å². The number of hydrogen-bond donors (Lipinski definition) is 1. The highest BCUT2D eigenvalue weighted by molar-refractivity contribution is 14.1. The first-order chi connectivity index (χ1) is 9.54. The number of halogens is 1. The number of anilines is 1. The van der Waals surface area contributed by atoms with Gasteiger partial charge in [0.05, 0.1) is 5.69 Å². The zero-order valence-electron chi connectivity index (χ0n) is 11.2. The van der Waals surface area contributed by atoms with Gasteiger partial charge < -0.3 is 4.74 Å². The third kappa shape index (κ3) is 4.45. The van der Waals surface area contributed by atoms with Crippen LogP contribution in [0, 0.1) is 3.57 Å². The van der Waals surface area contributed by atoms with Gasteiger partial charge in [-0.1, -0.05) is 13.8 Å². The van der Waals surface area contributed by atoms with E-state index in [1.165, 1.54) is 11.3 Å². The minimum atomic E-state index is -0.201. The molecule has 0 atom stereocenters. The Kier molecular flexibility index (Phi) is 5.36. The van der Waals surface area contributed by atoms with Crippen molar-refractivity contribution in [1.29, 1.82) is 0 Å². The molecule has 0 aliphatic rings. The highest BCUT2D eigenvalue weighted by Gasteiger charge is 2.09. The molecular weight excluding hydrogens is 387 g/mol. The van der Waals surface area contributed by atoms with Gasteiger partial charge in [-0.25, -0.2) is 4.98 Å². The summed E-state index contributed by atoms with van der Waals surface area (Å²) in [7, 11) is 0. The van der Waals surface area contributed by atoms with E-state index in [-0.39, 0.29) is 12.5 Å². The highest BCUT2D eigenvalue weighted by Crippen LogP contribution is 2.21. The standard InChI is InChI=1S/C14H15IN2O2S/c1-9(2)12-8-20-14(16-12)17-13(18)7-19-11-5-3-10(15)4-6-11/h3-6,8-9H,7H2,1-2H3,(H,16,17,18). The molecule has 1 amide bonds. The van der Waals surface area contributed by atoms with Crippen molar-refractivity contribution in [1.82, 2.24) is 4.98 Å². The summed E-state index contributed by atoms with van der Waals surface area (Å²) in [6.07, 6.45) is 0. The minimum absolute atomic E-state index is 0.0167. The van der Waals surface area contributed by atoms with Crippen LogP contribution in [0.4, 0.5) is 5.13 Å². The molecule has 1 aromatic heterocycles. The molecule has 6 heteroatoms. The summed E-state index contributed by atoms with van der Waals surface area (Å²) in [6.45, 7) is 4.12. The number of benzene rings is 1. The quantitative estimate of drug-likeness (QED) is 0.773. The molecule has 0 radical (unpaired) electrons. The fourth-order valence-corrected chi connectivity index (χ4v) is 2.69. The molecule has 20 heavy (non-hydrogen) atoms. The number of carbonyl (C=O) groups excluding carboxylic acids is 1. The van der Waals surface area contributed by atoms with E-state index in [9.17, 15) is 4.79 Å². The van der Waals surface area contributed by atoms with Gasteiger partial charge in [-0.05, 0) is 52.8 Å². The maximum atomic E-state index is 11.8. The van der Waals surface area contributed by atoms with Crippen LogP contribution in [0.5, 0.6) is 5.75 Å². The average molecular weight is 402 g/mol. The van der Waals surface area contributed by atoms with Crippen LogP contribution in [-0.2, 0) is 4.79 Å². The molecule has 0 saturated carbocycles. The van der Waals surface area contributed by atoms with Crippen LogP contribution >= 0.6 is 33.9 Å². The average Bonchev–Trinajstić information content (AvgIpc) is 2.87. The third-order valence-corrected chi connectivity index (χ3v) is 4.04. The zero-order valence-corrected chi connectivity index (χ0v) is 14.2. The van der Waals surface area contributed by atoms with Gasteiger partial charge in [0.1, 0.15) is 5.75 Å². The minimum Gasteiger partial charge on any atom is -0.484 e. The SMILES string of the molecule is CC(C)c1csc(NC(=O)COc2ccc(I)cc2)n1. The van der Waals surface area contributed by atoms with Crippen LogP contribution in [0.2, 0.25) is 0 Å². The lowest BCUT2D eigenvalue weighted by molar-refractivity contribution is -0.118. The van der Waals surface area contributed by atoms with Gasteiger partial charge in [-0.15, -0.1) is 11.3 Å². The maximum Gasteiger partial charge on any atom is 0.264 e. The molecule has 0 spiro atoms. The fraction of sp³-hybridized carbons (Fsp3) is 0.286. The molecule has 1 aromatic carbocycles. The second-order valence-electron chi connectivity index (χ2n) is 4.52. The Hall–Kier alpha value is -1.15. The number of rotatable bonds is 5. The van der Waals surface area contributed by atoms with E-state index in [0.717, 1.165) is 9.26 Å². The van der Waals surface area contributed by atoms with E-state index in [2.05, 4.69) is 46.7 Å². The number of aromatic nitrogens is 1. The maximum absolute atomic E-state index is 11.8. The number of nitrogens with one attached hydrogen (secondary N) is 1. The predicted molar refractivity (Wildman–Crippen MR) is 89.5 cm³/mol. The summed E-state index contributed by atoms with van der Waals surface area (Å²) in [5.74, 6) is 0.843. The van der Waals surface area contributed by atoms with Gasteiger partial charge in [0.25, 0.3) is 5.91 Å². The molecule has 106 valence electrons. The molecular formula is C14H15IN2O2S. The Bertz CT molecular complexity index is 581. The molecule has 1 N–H and O–H groups in total. The summed E-state index contributed by atoms with van der Waals surface area (Å²) in [5, 5.41) is 5.32. The first-order valence-electron chi connectivity index (χ1n) is 6.18. The van der Waals surface area contributed by atoms with E-state index in [4.69, 9.17) is 4.74 Å². The Morgan fingerprint density at radius 1 is 1.40 bits per heavy atom. The van der Waals surface area contributed by atoms with E-state index >= 15 is 0 Å². The second-order valence-corrected chi connectivity index (χ2v) is 6.63. The summed E-state index contributed by atoms with van der Waals surface area (Å²) in [5.41, 5.74) is 0.990. The van der Waals surface area contributed by atoms with Crippen molar-refractivity contribution in [2.45, 2.75) is 19.8 Å². The predicted octanol–water partition coefficient (Wildman–Crippen LogP) is 3.89. The van der Waals surface area contributed by atoms with Crippen molar-refractivity contribution >= 4 is 45.0 Å². The van der Waals surface area contributed by atoms with E-state index in [0.29, 0.717) is 16.8 Å². The van der Waals surface area contributed by atoms with Gasteiger partial charge in [-0.2, -0.15) is 0 Å². The Morgan fingerprint density at radius 2 is 2.10 bits per heavy atom. The van der Waals surface area contributed by atoms with Crippen LogP contribution in [-0.4, -0.2) is 17.5 Å². The Labute approximate surface area is 135 Å². The molecule has 2 rings (SSSR count). The summed E-state index contributed by atoms with van der Waals surface area (Å²) >= 11 is 3.65. The van der Waals surface area contributed by atoms with Gasteiger partial charge >= 0.3 is 0 Å². The lowest BCUT2D eigenvalue weighted by Crippen LogP contribution is -2.20. The van der Waals surface area contributed by atoms with Crippen molar-refractivity contribution in [3.63, 3.8) is 0 Å². The van der Waals surface area contributed by atoms with Crippen LogP contribution in [0.15, 0.2) is 29.6 Å². The molecule has 4 nitrogen and oxygen atoms in total. The van der Waals surface area contributed by atoms with Gasteiger partial charge in [0.2, 0.25) is 0 Å². The summed E-state index contributed by atoms with van der Waals surface area (Å²) < 4.78 is 6.54. The Morgan fingerprint density at radius 3 is 2.70 bits per heavy atom. The largest absolute Gasteiger partial charge is 0.484 e. The molecule has 0 fully saturated rings. The lowest BCUT2D eigenvalue weighted by Gasteiger charge is -2.05. The second kappa shape index (κ2) is 7.03. The lowest BCUT2D eigenvalue weighted by atomic mass is 10.2. The first kappa shape index (κ1) is 15.2. The van der Waals surface area contributed by atoms with Gasteiger partial charge in [0.15, 0.2) is 11.7 Å².